The van der Waals surface area contributed by atoms with E-state index in [-0.39, 0.29) is 6.04 Å². The van der Waals surface area contributed by atoms with Gasteiger partial charge in [-0.25, -0.2) is 10.2 Å². The van der Waals surface area contributed by atoms with Crippen LogP contribution >= 0.6 is 0 Å². The summed E-state index contributed by atoms with van der Waals surface area (Å²) in [5.41, 5.74) is 8.80. The third-order valence-electron chi connectivity index (χ3n) is 4.75. The average Bonchev–Trinajstić information content (AvgIpc) is 3.16. The molecule has 0 bridgehead atoms. The molecule has 5 nitrogen and oxygen atoms in total. The molecule has 3 N–H and O–H groups in total. The quantitative estimate of drug-likeness (QED) is 0.666. The van der Waals surface area contributed by atoms with Crippen LogP contribution in [0.4, 0.5) is 0 Å². The first-order valence-electron chi connectivity index (χ1n) is 9.37. The molecule has 2 aromatic carbocycles. The van der Waals surface area contributed by atoms with Crippen molar-refractivity contribution in [2.45, 2.75) is 32.9 Å². The van der Waals surface area contributed by atoms with E-state index in [1.165, 1.54) is 5.56 Å². The van der Waals surface area contributed by atoms with Gasteiger partial charge < -0.3 is 15.4 Å². The number of carboxylic acid groups (broad SMARTS) is 1. The minimum Gasteiger partial charge on any atom is -0.478 e. The predicted molar refractivity (Wildman–Crippen MR) is 106 cm³/mol. The number of nitrogens with zero attached hydrogens (tertiary/aromatic N) is 1. The molecule has 1 aliphatic rings. The van der Waals surface area contributed by atoms with Crippen LogP contribution in [0, 0.1) is 5.92 Å². The summed E-state index contributed by atoms with van der Waals surface area (Å²) in [5, 5.41) is 9.67. The number of hydrazine groups is 1. The SMILES string of the molecule is CC(C)CC(c1ccccc1)N(Cc1ccccc1)C1=C(C(=O)O)CNN1. The second-order valence-corrected chi connectivity index (χ2v) is 7.28. The van der Waals surface area contributed by atoms with E-state index in [9.17, 15) is 9.90 Å². The molecule has 0 radical (unpaired) electrons. The van der Waals surface area contributed by atoms with Crippen molar-refractivity contribution in [3.63, 3.8) is 0 Å². The lowest BCUT2D eigenvalue weighted by molar-refractivity contribution is -0.132. The molecule has 0 saturated carbocycles. The zero-order valence-corrected chi connectivity index (χ0v) is 15.9. The van der Waals surface area contributed by atoms with Crippen LogP contribution in [0.5, 0.6) is 0 Å². The molecular weight excluding hydrogens is 338 g/mol. The molecule has 1 heterocycles. The fourth-order valence-electron chi connectivity index (χ4n) is 3.49. The van der Waals surface area contributed by atoms with Crippen molar-refractivity contribution < 1.29 is 9.90 Å². The molecule has 27 heavy (non-hydrogen) atoms. The second kappa shape index (κ2) is 8.73. The number of carboxylic acids is 1. The van der Waals surface area contributed by atoms with Crippen LogP contribution in [0.1, 0.15) is 37.4 Å². The Balaban J connectivity index is 2.06. The fraction of sp³-hybridized carbons (Fsp3) is 0.318. The molecule has 1 aliphatic heterocycles. The standard InChI is InChI=1S/C22H27N3O2/c1-16(2)13-20(18-11-7-4-8-12-18)25(15-17-9-5-3-6-10-17)21-19(22(26)27)14-23-24-21/h3-12,16,20,23-24H,13-15H2,1-2H3,(H,26,27). The smallest absolute Gasteiger partial charge is 0.336 e. The number of aliphatic carboxylic acids is 1. The Hall–Kier alpha value is -2.79. The molecule has 0 fully saturated rings. The van der Waals surface area contributed by atoms with Gasteiger partial charge in [-0.1, -0.05) is 74.5 Å². The van der Waals surface area contributed by atoms with Crippen LogP contribution < -0.4 is 10.9 Å². The molecule has 5 heteroatoms. The second-order valence-electron chi connectivity index (χ2n) is 7.28. The van der Waals surface area contributed by atoms with E-state index >= 15 is 0 Å². The van der Waals surface area contributed by atoms with E-state index in [1.54, 1.807) is 0 Å². The van der Waals surface area contributed by atoms with E-state index in [1.807, 2.05) is 36.4 Å². The van der Waals surface area contributed by atoms with Gasteiger partial charge in [-0.2, -0.15) is 0 Å². The van der Waals surface area contributed by atoms with Gasteiger partial charge in [0.25, 0.3) is 0 Å². The average molecular weight is 365 g/mol. The lowest BCUT2D eigenvalue weighted by Crippen LogP contribution is -2.37. The summed E-state index contributed by atoms with van der Waals surface area (Å²) in [4.78, 5) is 14.0. The first-order valence-corrected chi connectivity index (χ1v) is 9.37. The summed E-state index contributed by atoms with van der Waals surface area (Å²) in [5.74, 6) is 0.231. The number of nitrogens with one attached hydrogen (secondary N) is 2. The molecule has 142 valence electrons. The fourth-order valence-corrected chi connectivity index (χ4v) is 3.49. The Morgan fingerprint density at radius 1 is 1.07 bits per heavy atom. The zero-order valence-electron chi connectivity index (χ0n) is 15.9. The topological polar surface area (TPSA) is 64.6 Å². The molecule has 0 amide bonds. The van der Waals surface area contributed by atoms with Crippen molar-refractivity contribution in [3.8, 4) is 0 Å². The van der Waals surface area contributed by atoms with Crippen LogP contribution in [0.25, 0.3) is 0 Å². The first kappa shape index (κ1) is 19.0. The third-order valence-corrected chi connectivity index (χ3v) is 4.75. The van der Waals surface area contributed by atoms with Gasteiger partial charge in [-0.15, -0.1) is 0 Å². The Morgan fingerprint density at radius 2 is 1.70 bits per heavy atom. The Labute approximate surface area is 160 Å². The van der Waals surface area contributed by atoms with Crippen LogP contribution in [0.3, 0.4) is 0 Å². The lowest BCUT2D eigenvalue weighted by atomic mass is 9.94. The molecule has 0 aromatic heterocycles. The van der Waals surface area contributed by atoms with Gasteiger partial charge >= 0.3 is 5.97 Å². The maximum absolute atomic E-state index is 11.8. The molecular formula is C22H27N3O2. The highest BCUT2D eigenvalue weighted by molar-refractivity contribution is 5.88. The molecule has 0 aliphatic carbocycles. The van der Waals surface area contributed by atoms with Crippen molar-refractivity contribution in [2.24, 2.45) is 5.92 Å². The zero-order chi connectivity index (χ0) is 19.2. The van der Waals surface area contributed by atoms with E-state index in [4.69, 9.17) is 0 Å². The summed E-state index contributed by atoms with van der Waals surface area (Å²) in [6.07, 6.45) is 0.926. The highest BCUT2D eigenvalue weighted by Crippen LogP contribution is 2.33. The third kappa shape index (κ3) is 4.68. The van der Waals surface area contributed by atoms with Crippen LogP contribution in [-0.4, -0.2) is 22.5 Å². The van der Waals surface area contributed by atoms with Gasteiger partial charge in [0.2, 0.25) is 0 Å². The Kier molecular flexibility index (Phi) is 6.14. The van der Waals surface area contributed by atoms with Crippen molar-refractivity contribution >= 4 is 5.97 Å². The molecule has 1 unspecified atom stereocenters. The van der Waals surface area contributed by atoms with Crippen molar-refractivity contribution in [2.75, 3.05) is 6.54 Å². The largest absolute Gasteiger partial charge is 0.478 e. The molecule has 0 saturated heterocycles. The molecule has 0 spiro atoms. The molecule has 2 aromatic rings. The highest BCUT2D eigenvalue weighted by atomic mass is 16.4. The van der Waals surface area contributed by atoms with Crippen LogP contribution in [0.2, 0.25) is 0 Å². The number of hydrogen-bond acceptors (Lipinski definition) is 4. The molecule has 1 atom stereocenters. The normalized spacial score (nSPS) is 14.9. The Bertz CT molecular complexity index is 788. The van der Waals surface area contributed by atoms with Gasteiger partial charge in [-0.3, -0.25) is 0 Å². The number of benzene rings is 2. The van der Waals surface area contributed by atoms with Gasteiger partial charge in [0, 0.05) is 6.54 Å². The summed E-state index contributed by atoms with van der Waals surface area (Å²) >= 11 is 0. The van der Waals surface area contributed by atoms with Gasteiger partial charge in [-0.05, 0) is 23.5 Å². The van der Waals surface area contributed by atoms with Crippen LogP contribution in [0.15, 0.2) is 72.1 Å². The van der Waals surface area contributed by atoms with Crippen LogP contribution in [-0.2, 0) is 11.3 Å². The van der Waals surface area contributed by atoms with Gasteiger partial charge in [0.15, 0.2) is 0 Å². The van der Waals surface area contributed by atoms with E-state index in [2.05, 4.69) is 53.9 Å². The number of rotatable bonds is 8. The summed E-state index contributed by atoms with van der Waals surface area (Å²) < 4.78 is 0. The van der Waals surface area contributed by atoms with E-state index in [0.29, 0.717) is 30.4 Å². The Morgan fingerprint density at radius 3 is 2.30 bits per heavy atom. The lowest BCUT2D eigenvalue weighted by Gasteiger charge is -2.36. The number of hydrogen-bond donors (Lipinski definition) is 3. The van der Waals surface area contributed by atoms with Crippen molar-refractivity contribution in [3.05, 3.63) is 83.2 Å². The first-order chi connectivity index (χ1) is 13.1. The van der Waals surface area contributed by atoms with Crippen molar-refractivity contribution in [1.82, 2.24) is 15.8 Å². The minimum atomic E-state index is -0.892. The summed E-state index contributed by atoms with van der Waals surface area (Å²) in [6.45, 7) is 5.33. The summed E-state index contributed by atoms with van der Waals surface area (Å²) in [7, 11) is 0. The molecule has 3 rings (SSSR count). The summed E-state index contributed by atoms with van der Waals surface area (Å²) in [6, 6.07) is 20.6. The highest BCUT2D eigenvalue weighted by Gasteiger charge is 2.30. The van der Waals surface area contributed by atoms with E-state index in [0.717, 1.165) is 12.0 Å². The maximum atomic E-state index is 11.8. The minimum absolute atomic E-state index is 0.0724. The maximum Gasteiger partial charge on any atom is 0.336 e. The monoisotopic (exact) mass is 365 g/mol. The predicted octanol–water partition coefficient (Wildman–Crippen LogP) is 3.68. The van der Waals surface area contributed by atoms with Gasteiger partial charge in [0.05, 0.1) is 18.2 Å². The number of carbonyl (C=O) groups is 1. The van der Waals surface area contributed by atoms with E-state index < -0.39 is 5.97 Å². The van der Waals surface area contributed by atoms with Gasteiger partial charge in [0.1, 0.15) is 5.82 Å². The van der Waals surface area contributed by atoms with Crippen molar-refractivity contribution in [1.29, 1.82) is 0 Å².